The van der Waals surface area contributed by atoms with Gasteiger partial charge in [0.1, 0.15) is 5.82 Å². The molecule has 0 radical (unpaired) electrons. The molecule has 2 saturated heterocycles. The number of aromatic nitrogens is 3. The number of nitrogens with one attached hydrogen (secondary N) is 1. The number of fused-ring (bicyclic) bond motifs is 3. The van der Waals surface area contributed by atoms with Crippen molar-refractivity contribution in [3.05, 3.63) is 29.7 Å². The van der Waals surface area contributed by atoms with Crippen LogP contribution in [0.2, 0.25) is 0 Å². The molecule has 0 aromatic carbocycles. The molecule has 2 aromatic rings. The SMILES string of the molecule is Cc1ccn2c(CC3CC4CCC(C3)N4)nnc2c1. The quantitative estimate of drug-likeness (QED) is 0.895. The van der Waals surface area contributed by atoms with Gasteiger partial charge in [-0.05, 0) is 56.2 Å². The lowest BCUT2D eigenvalue weighted by Crippen LogP contribution is -2.38. The standard InChI is InChI=1S/C15H20N4/c1-10-4-5-19-14(6-10)17-18-15(19)9-11-7-12-2-3-13(8-11)16-12/h4-6,11-13,16H,2-3,7-9H2,1H3. The zero-order valence-corrected chi connectivity index (χ0v) is 11.3. The number of hydrogen-bond donors (Lipinski definition) is 1. The van der Waals surface area contributed by atoms with E-state index in [1.165, 1.54) is 31.2 Å². The Balaban J connectivity index is 1.58. The Kier molecular flexibility index (Phi) is 2.58. The van der Waals surface area contributed by atoms with E-state index in [0.29, 0.717) is 0 Å². The van der Waals surface area contributed by atoms with Gasteiger partial charge >= 0.3 is 0 Å². The van der Waals surface area contributed by atoms with Crippen LogP contribution in [0.1, 0.15) is 37.1 Å². The molecule has 0 spiro atoms. The molecule has 2 aromatic heterocycles. The highest BCUT2D eigenvalue weighted by Gasteiger charge is 2.33. The van der Waals surface area contributed by atoms with E-state index in [0.717, 1.165) is 35.9 Å². The molecule has 19 heavy (non-hydrogen) atoms. The van der Waals surface area contributed by atoms with Crippen LogP contribution in [0.3, 0.4) is 0 Å². The van der Waals surface area contributed by atoms with Gasteiger partial charge in [-0.2, -0.15) is 0 Å². The molecule has 4 heterocycles. The lowest BCUT2D eigenvalue weighted by Gasteiger charge is -2.28. The van der Waals surface area contributed by atoms with Gasteiger partial charge in [0, 0.05) is 24.7 Å². The van der Waals surface area contributed by atoms with Crippen molar-refractivity contribution in [1.82, 2.24) is 19.9 Å². The summed E-state index contributed by atoms with van der Waals surface area (Å²) < 4.78 is 2.15. The summed E-state index contributed by atoms with van der Waals surface area (Å²) in [5, 5.41) is 12.4. The summed E-state index contributed by atoms with van der Waals surface area (Å²) in [6, 6.07) is 5.74. The van der Waals surface area contributed by atoms with Crippen LogP contribution >= 0.6 is 0 Å². The van der Waals surface area contributed by atoms with Crippen molar-refractivity contribution in [2.75, 3.05) is 0 Å². The van der Waals surface area contributed by atoms with E-state index >= 15 is 0 Å². The minimum Gasteiger partial charge on any atom is -0.311 e. The highest BCUT2D eigenvalue weighted by molar-refractivity contribution is 5.40. The van der Waals surface area contributed by atoms with Crippen LogP contribution in [-0.2, 0) is 6.42 Å². The van der Waals surface area contributed by atoms with Crippen LogP contribution in [0, 0.1) is 12.8 Å². The third-order valence-corrected chi connectivity index (χ3v) is 4.68. The lowest BCUT2D eigenvalue weighted by molar-refractivity contribution is 0.294. The van der Waals surface area contributed by atoms with Crippen LogP contribution in [-0.4, -0.2) is 26.7 Å². The van der Waals surface area contributed by atoms with Gasteiger partial charge in [-0.3, -0.25) is 4.40 Å². The molecule has 0 aliphatic carbocycles. The van der Waals surface area contributed by atoms with Gasteiger partial charge in [0.15, 0.2) is 5.65 Å². The predicted octanol–water partition coefficient (Wildman–Crippen LogP) is 2.11. The Hall–Kier alpha value is -1.42. The molecule has 4 heteroatoms. The molecule has 2 aliphatic heterocycles. The third-order valence-electron chi connectivity index (χ3n) is 4.68. The van der Waals surface area contributed by atoms with Crippen molar-refractivity contribution in [1.29, 1.82) is 0 Å². The number of rotatable bonds is 2. The molecule has 2 unspecified atom stereocenters. The molecule has 100 valence electrons. The topological polar surface area (TPSA) is 42.2 Å². The maximum atomic E-state index is 4.39. The first-order chi connectivity index (χ1) is 9.28. The molecule has 4 rings (SSSR count). The fraction of sp³-hybridized carbons (Fsp3) is 0.600. The Bertz CT molecular complexity index is 591. The summed E-state index contributed by atoms with van der Waals surface area (Å²) in [7, 11) is 0. The molecule has 2 aliphatic rings. The average Bonchev–Trinajstić information content (AvgIpc) is 2.93. The molecule has 2 bridgehead atoms. The maximum absolute atomic E-state index is 4.39. The van der Waals surface area contributed by atoms with Gasteiger partial charge in [-0.15, -0.1) is 10.2 Å². The first kappa shape index (κ1) is 11.4. The number of piperidine rings is 1. The van der Waals surface area contributed by atoms with Gasteiger partial charge in [-0.25, -0.2) is 0 Å². The Morgan fingerprint density at radius 1 is 1.26 bits per heavy atom. The van der Waals surface area contributed by atoms with Crippen LogP contribution in [0.15, 0.2) is 18.3 Å². The summed E-state index contributed by atoms with van der Waals surface area (Å²) in [5.41, 5.74) is 2.22. The van der Waals surface area contributed by atoms with Crippen LogP contribution < -0.4 is 5.32 Å². The molecule has 2 atom stereocenters. The molecule has 2 fully saturated rings. The fourth-order valence-electron chi connectivity index (χ4n) is 3.78. The summed E-state index contributed by atoms with van der Waals surface area (Å²) in [6.45, 7) is 2.10. The van der Waals surface area contributed by atoms with Gasteiger partial charge in [-0.1, -0.05) is 0 Å². The van der Waals surface area contributed by atoms with Crippen molar-refractivity contribution >= 4 is 5.65 Å². The second-order valence-corrected chi connectivity index (χ2v) is 6.23. The van der Waals surface area contributed by atoms with E-state index in [-0.39, 0.29) is 0 Å². The smallest absolute Gasteiger partial charge is 0.161 e. The van der Waals surface area contributed by atoms with E-state index in [2.05, 4.69) is 45.2 Å². The van der Waals surface area contributed by atoms with Crippen LogP contribution in [0.4, 0.5) is 0 Å². The van der Waals surface area contributed by atoms with E-state index in [9.17, 15) is 0 Å². The van der Waals surface area contributed by atoms with E-state index in [4.69, 9.17) is 0 Å². The van der Waals surface area contributed by atoms with E-state index < -0.39 is 0 Å². The Labute approximate surface area is 113 Å². The molecular weight excluding hydrogens is 236 g/mol. The van der Waals surface area contributed by atoms with Gasteiger partial charge in [0.25, 0.3) is 0 Å². The van der Waals surface area contributed by atoms with Crippen molar-refractivity contribution < 1.29 is 0 Å². The number of aryl methyl sites for hydroxylation is 1. The van der Waals surface area contributed by atoms with Crippen molar-refractivity contribution in [2.45, 2.75) is 51.1 Å². The van der Waals surface area contributed by atoms with Gasteiger partial charge < -0.3 is 5.32 Å². The first-order valence-electron chi connectivity index (χ1n) is 7.34. The van der Waals surface area contributed by atoms with E-state index in [1.54, 1.807) is 0 Å². The van der Waals surface area contributed by atoms with Crippen molar-refractivity contribution in [3.8, 4) is 0 Å². The molecular formula is C15H20N4. The summed E-state index contributed by atoms with van der Waals surface area (Å²) in [6.07, 6.45) is 8.50. The molecule has 0 amide bonds. The van der Waals surface area contributed by atoms with Crippen molar-refractivity contribution in [2.24, 2.45) is 5.92 Å². The van der Waals surface area contributed by atoms with Gasteiger partial charge in [0.05, 0.1) is 0 Å². The highest BCUT2D eigenvalue weighted by atomic mass is 15.2. The predicted molar refractivity (Wildman–Crippen MR) is 74.1 cm³/mol. The van der Waals surface area contributed by atoms with Gasteiger partial charge in [0.2, 0.25) is 0 Å². The first-order valence-corrected chi connectivity index (χ1v) is 7.34. The zero-order chi connectivity index (χ0) is 12.8. The Morgan fingerprint density at radius 2 is 2.05 bits per heavy atom. The number of pyridine rings is 1. The van der Waals surface area contributed by atoms with Crippen LogP contribution in [0.25, 0.3) is 5.65 Å². The van der Waals surface area contributed by atoms with Crippen LogP contribution in [0.5, 0.6) is 0 Å². The largest absolute Gasteiger partial charge is 0.311 e. The number of hydrogen-bond acceptors (Lipinski definition) is 3. The maximum Gasteiger partial charge on any atom is 0.161 e. The van der Waals surface area contributed by atoms with E-state index in [1.807, 2.05) is 0 Å². The van der Waals surface area contributed by atoms with Crippen molar-refractivity contribution in [3.63, 3.8) is 0 Å². The highest BCUT2D eigenvalue weighted by Crippen LogP contribution is 2.32. The number of nitrogens with zero attached hydrogens (tertiary/aromatic N) is 3. The normalized spacial score (nSPS) is 30.1. The molecule has 0 saturated carbocycles. The summed E-state index contributed by atoms with van der Waals surface area (Å²) in [4.78, 5) is 0. The third kappa shape index (κ3) is 2.04. The monoisotopic (exact) mass is 256 g/mol. The Morgan fingerprint density at radius 3 is 2.84 bits per heavy atom. The minimum absolute atomic E-state index is 0.755. The fourth-order valence-corrected chi connectivity index (χ4v) is 3.78. The summed E-state index contributed by atoms with van der Waals surface area (Å²) >= 11 is 0. The lowest BCUT2D eigenvalue weighted by atomic mass is 9.89. The second-order valence-electron chi connectivity index (χ2n) is 6.23. The average molecular weight is 256 g/mol. The zero-order valence-electron chi connectivity index (χ0n) is 11.3. The minimum atomic E-state index is 0.755. The summed E-state index contributed by atoms with van der Waals surface area (Å²) in [5.74, 6) is 1.90. The second kappa shape index (κ2) is 4.30. The molecule has 1 N–H and O–H groups in total. The molecule has 4 nitrogen and oxygen atoms in total.